The van der Waals surface area contributed by atoms with Crippen molar-refractivity contribution >= 4 is 23.6 Å². The van der Waals surface area contributed by atoms with Gasteiger partial charge in [0.2, 0.25) is 11.8 Å². The Morgan fingerprint density at radius 3 is 2.55 bits per heavy atom. The topological polar surface area (TPSA) is 108 Å². The Hall–Kier alpha value is -2.58. The Morgan fingerprint density at radius 2 is 1.79 bits per heavy atom. The molecule has 3 N–H and O–H groups in total. The van der Waals surface area contributed by atoms with Crippen LogP contribution in [0.2, 0.25) is 0 Å². The average Bonchev–Trinajstić information content (AvgIpc) is 3.39. The number of carbonyl (C=O) groups is 4. The van der Waals surface area contributed by atoms with Crippen LogP contribution in [0.4, 0.5) is 0 Å². The lowest BCUT2D eigenvalue weighted by Crippen LogP contribution is -2.54. The van der Waals surface area contributed by atoms with Gasteiger partial charge in [-0.15, -0.1) is 0 Å². The van der Waals surface area contributed by atoms with Crippen molar-refractivity contribution in [3.63, 3.8) is 0 Å². The number of hydrogen-bond donors (Lipinski definition) is 3. The molecule has 0 bridgehead atoms. The molecule has 152 valence electrons. The normalized spacial score (nSPS) is 29.4. The summed E-state index contributed by atoms with van der Waals surface area (Å²) in [5, 5.41) is 9.27. The Kier molecular flexibility index (Phi) is 4.48. The summed E-state index contributed by atoms with van der Waals surface area (Å²) < 4.78 is 0. The van der Waals surface area contributed by atoms with Gasteiger partial charge < -0.3 is 10.6 Å². The van der Waals surface area contributed by atoms with Crippen LogP contribution in [0.3, 0.4) is 0 Å². The van der Waals surface area contributed by atoms with Gasteiger partial charge in [-0.1, -0.05) is 6.07 Å². The standard InChI is InChI=1S/C21H24N4O4/c26-18-6-5-17(19(27)24-18)25-20(28)13-4-1-11(7-14(13)21(25)29)8-23-16-10-22-9-15(16)12-2-3-12/h1,4,7,12,15-17,22-23H,2-3,5-6,8-10H2,(H,24,26,27). The van der Waals surface area contributed by atoms with E-state index in [0.717, 1.165) is 29.5 Å². The fraction of sp³-hybridized carbons (Fsp3) is 0.524. The molecule has 0 radical (unpaired) electrons. The Balaban J connectivity index is 1.30. The highest BCUT2D eigenvalue weighted by molar-refractivity contribution is 6.23. The second-order valence-electron chi connectivity index (χ2n) is 8.47. The number of fused-ring (bicyclic) bond motifs is 1. The first-order valence-corrected chi connectivity index (χ1v) is 10.3. The number of nitrogens with zero attached hydrogens (tertiary/aromatic N) is 1. The molecule has 8 heteroatoms. The van der Waals surface area contributed by atoms with E-state index in [9.17, 15) is 19.2 Å². The molecule has 0 spiro atoms. The molecule has 4 amide bonds. The van der Waals surface area contributed by atoms with Crippen LogP contribution in [0.5, 0.6) is 0 Å². The van der Waals surface area contributed by atoms with Gasteiger partial charge in [0.05, 0.1) is 11.1 Å². The average molecular weight is 396 g/mol. The maximum atomic E-state index is 12.9. The van der Waals surface area contributed by atoms with Gasteiger partial charge in [-0.25, -0.2) is 0 Å². The zero-order valence-electron chi connectivity index (χ0n) is 16.1. The van der Waals surface area contributed by atoms with Crippen molar-refractivity contribution in [2.75, 3.05) is 13.1 Å². The van der Waals surface area contributed by atoms with Crippen molar-refractivity contribution in [1.82, 2.24) is 20.9 Å². The Labute approximate surface area is 168 Å². The van der Waals surface area contributed by atoms with E-state index in [1.54, 1.807) is 12.1 Å². The van der Waals surface area contributed by atoms with E-state index in [0.29, 0.717) is 29.6 Å². The van der Waals surface area contributed by atoms with Crippen LogP contribution in [0.25, 0.3) is 0 Å². The molecule has 3 aliphatic heterocycles. The molecule has 0 aromatic heterocycles. The van der Waals surface area contributed by atoms with E-state index in [-0.39, 0.29) is 18.7 Å². The van der Waals surface area contributed by atoms with Crippen LogP contribution in [0.15, 0.2) is 18.2 Å². The van der Waals surface area contributed by atoms with Crippen molar-refractivity contribution < 1.29 is 19.2 Å². The largest absolute Gasteiger partial charge is 0.315 e. The van der Waals surface area contributed by atoms with Gasteiger partial charge in [-0.3, -0.25) is 29.4 Å². The second kappa shape index (κ2) is 7.03. The summed E-state index contributed by atoms with van der Waals surface area (Å²) >= 11 is 0. The van der Waals surface area contributed by atoms with Crippen molar-refractivity contribution in [3.8, 4) is 0 Å². The van der Waals surface area contributed by atoms with E-state index in [2.05, 4.69) is 16.0 Å². The van der Waals surface area contributed by atoms with Gasteiger partial charge in [0.25, 0.3) is 11.8 Å². The van der Waals surface area contributed by atoms with Crippen LogP contribution in [-0.2, 0) is 16.1 Å². The number of carbonyl (C=O) groups excluding carboxylic acids is 4. The molecule has 8 nitrogen and oxygen atoms in total. The first kappa shape index (κ1) is 18.4. The van der Waals surface area contributed by atoms with Crippen LogP contribution in [0, 0.1) is 11.8 Å². The molecule has 1 aromatic carbocycles. The molecule has 3 unspecified atom stereocenters. The fourth-order valence-electron chi connectivity index (χ4n) is 4.82. The second-order valence-corrected chi connectivity index (χ2v) is 8.47. The lowest BCUT2D eigenvalue weighted by molar-refractivity contribution is -0.136. The Bertz CT molecular complexity index is 910. The van der Waals surface area contributed by atoms with E-state index in [4.69, 9.17) is 0 Å². The molecule has 1 aliphatic carbocycles. The molecule has 5 rings (SSSR count). The summed E-state index contributed by atoms with van der Waals surface area (Å²) in [4.78, 5) is 50.2. The highest BCUT2D eigenvalue weighted by atomic mass is 16.2. The third-order valence-corrected chi connectivity index (χ3v) is 6.56. The highest BCUT2D eigenvalue weighted by Crippen LogP contribution is 2.39. The minimum absolute atomic E-state index is 0.122. The molecule has 4 aliphatic rings. The molecule has 3 atom stereocenters. The monoisotopic (exact) mass is 396 g/mol. The Morgan fingerprint density at radius 1 is 1.00 bits per heavy atom. The van der Waals surface area contributed by atoms with Crippen LogP contribution in [-0.4, -0.2) is 53.7 Å². The number of nitrogens with one attached hydrogen (secondary N) is 3. The van der Waals surface area contributed by atoms with Crippen molar-refractivity contribution in [2.45, 2.75) is 44.3 Å². The van der Waals surface area contributed by atoms with Gasteiger partial charge >= 0.3 is 0 Å². The van der Waals surface area contributed by atoms with Gasteiger partial charge in [-0.2, -0.15) is 0 Å². The summed E-state index contributed by atoms with van der Waals surface area (Å²) in [6, 6.07) is 4.78. The predicted octanol–water partition coefficient (Wildman–Crippen LogP) is 0.175. The third kappa shape index (κ3) is 3.26. The number of benzene rings is 1. The van der Waals surface area contributed by atoms with Crippen LogP contribution in [0.1, 0.15) is 52.0 Å². The SMILES string of the molecule is O=C1CCC(N2C(=O)c3ccc(CNC4CNCC4C4CC4)cc3C2=O)C(=O)N1. The summed E-state index contributed by atoms with van der Waals surface area (Å²) in [5.74, 6) is -0.397. The van der Waals surface area contributed by atoms with Gasteiger partial charge in [0.15, 0.2) is 0 Å². The molecule has 1 saturated carbocycles. The lowest BCUT2D eigenvalue weighted by atomic mass is 9.97. The van der Waals surface area contributed by atoms with E-state index in [1.807, 2.05) is 6.07 Å². The smallest absolute Gasteiger partial charge is 0.262 e. The van der Waals surface area contributed by atoms with Gasteiger partial charge in [0.1, 0.15) is 6.04 Å². The van der Waals surface area contributed by atoms with Crippen LogP contribution < -0.4 is 16.0 Å². The zero-order chi connectivity index (χ0) is 20.1. The third-order valence-electron chi connectivity index (χ3n) is 6.56. The predicted molar refractivity (Wildman–Crippen MR) is 103 cm³/mol. The fourth-order valence-corrected chi connectivity index (χ4v) is 4.82. The van der Waals surface area contributed by atoms with Gasteiger partial charge in [0, 0.05) is 25.6 Å². The number of hydrogen-bond acceptors (Lipinski definition) is 6. The summed E-state index contributed by atoms with van der Waals surface area (Å²) in [7, 11) is 0. The lowest BCUT2D eigenvalue weighted by Gasteiger charge is -2.27. The summed E-state index contributed by atoms with van der Waals surface area (Å²) in [6.07, 6.45) is 2.92. The molecule has 3 fully saturated rings. The molecule has 1 aromatic rings. The maximum Gasteiger partial charge on any atom is 0.262 e. The quantitative estimate of drug-likeness (QED) is 0.613. The van der Waals surface area contributed by atoms with E-state index < -0.39 is 23.8 Å². The number of amides is 4. The van der Waals surface area contributed by atoms with Crippen molar-refractivity contribution in [2.24, 2.45) is 11.8 Å². The molecule has 29 heavy (non-hydrogen) atoms. The van der Waals surface area contributed by atoms with E-state index >= 15 is 0 Å². The van der Waals surface area contributed by atoms with Crippen LogP contribution >= 0.6 is 0 Å². The summed E-state index contributed by atoms with van der Waals surface area (Å²) in [6.45, 7) is 2.63. The van der Waals surface area contributed by atoms with Crippen molar-refractivity contribution in [3.05, 3.63) is 34.9 Å². The number of piperidine rings is 1. The number of rotatable bonds is 5. The first-order valence-electron chi connectivity index (χ1n) is 10.3. The summed E-state index contributed by atoms with van der Waals surface area (Å²) in [5.41, 5.74) is 1.60. The minimum Gasteiger partial charge on any atom is -0.315 e. The molecule has 3 heterocycles. The van der Waals surface area contributed by atoms with Crippen molar-refractivity contribution in [1.29, 1.82) is 0 Å². The number of imide groups is 2. The molecular formula is C21H24N4O4. The molecule has 2 saturated heterocycles. The van der Waals surface area contributed by atoms with Gasteiger partial charge in [-0.05, 0) is 55.3 Å². The zero-order valence-corrected chi connectivity index (χ0v) is 16.1. The maximum absolute atomic E-state index is 12.9. The first-order chi connectivity index (χ1) is 14.0. The minimum atomic E-state index is -0.925. The van der Waals surface area contributed by atoms with E-state index in [1.165, 1.54) is 12.8 Å². The molecular weight excluding hydrogens is 372 g/mol. The highest BCUT2D eigenvalue weighted by Gasteiger charge is 2.44.